The van der Waals surface area contributed by atoms with Gasteiger partial charge in [0.25, 0.3) is 5.91 Å². The average Bonchev–Trinajstić information content (AvgIpc) is 2.38. The van der Waals surface area contributed by atoms with Gasteiger partial charge in [0.2, 0.25) is 0 Å². The molecule has 0 saturated carbocycles. The third-order valence-corrected chi connectivity index (χ3v) is 3.06. The van der Waals surface area contributed by atoms with E-state index in [0.29, 0.717) is 6.67 Å². The molecule has 1 aromatic rings. The molecular formula is C13H19N3O. The quantitative estimate of drug-likeness (QED) is 0.803. The highest BCUT2D eigenvalue weighted by molar-refractivity contribution is 5.95. The highest BCUT2D eigenvalue weighted by Crippen LogP contribution is 2.06. The van der Waals surface area contributed by atoms with Crippen LogP contribution in [0.1, 0.15) is 15.9 Å². The zero-order valence-corrected chi connectivity index (χ0v) is 10.2. The number of aryl methyl sites for hydroxylation is 1. The van der Waals surface area contributed by atoms with Crippen molar-refractivity contribution in [1.29, 1.82) is 0 Å². The molecule has 1 aromatic carbocycles. The van der Waals surface area contributed by atoms with Gasteiger partial charge in [0.1, 0.15) is 0 Å². The molecule has 4 heteroatoms. The standard InChI is InChI=1S/C13H19N3O/c1-11-4-2-3-5-12(11)13(17)15-10-16-8-6-14-7-9-16/h2-5,14H,6-10H2,1H3,(H,15,17). The van der Waals surface area contributed by atoms with E-state index >= 15 is 0 Å². The molecule has 0 atom stereocenters. The summed E-state index contributed by atoms with van der Waals surface area (Å²) in [5.74, 6) is 0.0154. The highest BCUT2D eigenvalue weighted by atomic mass is 16.1. The van der Waals surface area contributed by atoms with Gasteiger partial charge in [0, 0.05) is 31.7 Å². The first kappa shape index (κ1) is 12.1. The van der Waals surface area contributed by atoms with Crippen LogP contribution in [0.4, 0.5) is 0 Å². The maximum atomic E-state index is 12.0. The van der Waals surface area contributed by atoms with E-state index in [9.17, 15) is 4.79 Å². The largest absolute Gasteiger partial charge is 0.339 e. The van der Waals surface area contributed by atoms with Crippen LogP contribution in [0.25, 0.3) is 0 Å². The van der Waals surface area contributed by atoms with Crippen molar-refractivity contribution in [3.8, 4) is 0 Å². The molecule has 0 bridgehead atoms. The third-order valence-electron chi connectivity index (χ3n) is 3.06. The summed E-state index contributed by atoms with van der Waals surface area (Å²) in [4.78, 5) is 14.2. The zero-order valence-electron chi connectivity index (χ0n) is 10.2. The minimum Gasteiger partial charge on any atom is -0.339 e. The van der Waals surface area contributed by atoms with Gasteiger partial charge in [0.15, 0.2) is 0 Å². The first-order valence-corrected chi connectivity index (χ1v) is 6.04. The Hall–Kier alpha value is -1.39. The van der Waals surface area contributed by atoms with Crippen LogP contribution in [0.2, 0.25) is 0 Å². The van der Waals surface area contributed by atoms with E-state index in [1.807, 2.05) is 31.2 Å². The molecule has 1 saturated heterocycles. The number of piperazine rings is 1. The van der Waals surface area contributed by atoms with Crippen molar-refractivity contribution >= 4 is 5.91 Å². The summed E-state index contributed by atoms with van der Waals surface area (Å²) in [6.45, 7) is 6.58. The molecule has 1 heterocycles. The van der Waals surface area contributed by atoms with Crippen molar-refractivity contribution < 1.29 is 4.79 Å². The molecule has 1 fully saturated rings. The summed E-state index contributed by atoms with van der Waals surface area (Å²) in [6, 6.07) is 7.66. The van der Waals surface area contributed by atoms with E-state index in [4.69, 9.17) is 0 Å². The topological polar surface area (TPSA) is 44.4 Å². The minimum atomic E-state index is 0.0154. The number of carbonyl (C=O) groups is 1. The van der Waals surface area contributed by atoms with Gasteiger partial charge in [-0.2, -0.15) is 0 Å². The Morgan fingerprint density at radius 1 is 1.35 bits per heavy atom. The monoisotopic (exact) mass is 233 g/mol. The van der Waals surface area contributed by atoms with Crippen LogP contribution in [-0.2, 0) is 0 Å². The first-order chi connectivity index (χ1) is 8.27. The molecule has 0 radical (unpaired) electrons. The van der Waals surface area contributed by atoms with Gasteiger partial charge in [-0.25, -0.2) is 0 Å². The molecule has 1 aliphatic heterocycles. The highest BCUT2D eigenvalue weighted by Gasteiger charge is 2.12. The van der Waals surface area contributed by atoms with Crippen LogP contribution in [0.3, 0.4) is 0 Å². The second-order valence-corrected chi connectivity index (χ2v) is 4.35. The van der Waals surface area contributed by atoms with Crippen molar-refractivity contribution in [1.82, 2.24) is 15.5 Å². The Balaban J connectivity index is 1.87. The molecule has 1 amide bonds. The first-order valence-electron chi connectivity index (χ1n) is 6.04. The van der Waals surface area contributed by atoms with E-state index in [0.717, 1.165) is 37.3 Å². The van der Waals surface area contributed by atoms with E-state index in [1.165, 1.54) is 0 Å². The molecule has 0 spiro atoms. The van der Waals surface area contributed by atoms with Gasteiger partial charge in [-0.05, 0) is 18.6 Å². The summed E-state index contributed by atoms with van der Waals surface area (Å²) in [5.41, 5.74) is 1.79. The van der Waals surface area contributed by atoms with Crippen molar-refractivity contribution in [2.24, 2.45) is 0 Å². The van der Waals surface area contributed by atoms with E-state index < -0.39 is 0 Å². The van der Waals surface area contributed by atoms with Crippen molar-refractivity contribution in [2.45, 2.75) is 6.92 Å². The Morgan fingerprint density at radius 2 is 2.06 bits per heavy atom. The normalized spacial score (nSPS) is 16.8. The number of hydrogen-bond donors (Lipinski definition) is 2. The number of hydrogen-bond acceptors (Lipinski definition) is 3. The molecule has 0 aliphatic carbocycles. The van der Waals surface area contributed by atoms with Crippen LogP contribution in [0, 0.1) is 6.92 Å². The fourth-order valence-corrected chi connectivity index (χ4v) is 1.98. The van der Waals surface area contributed by atoms with Gasteiger partial charge in [-0.3, -0.25) is 9.69 Å². The Kier molecular flexibility index (Phi) is 4.12. The lowest BCUT2D eigenvalue weighted by atomic mass is 10.1. The maximum Gasteiger partial charge on any atom is 0.252 e. The molecule has 0 unspecified atom stereocenters. The van der Waals surface area contributed by atoms with Crippen molar-refractivity contribution in [3.05, 3.63) is 35.4 Å². The fraction of sp³-hybridized carbons (Fsp3) is 0.462. The van der Waals surface area contributed by atoms with E-state index in [1.54, 1.807) is 0 Å². The maximum absolute atomic E-state index is 12.0. The fourth-order valence-electron chi connectivity index (χ4n) is 1.98. The van der Waals surface area contributed by atoms with E-state index in [2.05, 4.69) is 15.5 Å². The van der Waals surface area contributed by atoms with Crippen molar-refractivity contribution in [3.63, 3.8) is 0 Å². The smallest absolute Gasteiger partial charge is 0.252 e. The minimum absolute atomic E-state index is 0.0154. The summed E-state index contributed by atoms with van der Waals surface area (Å²) < 4.78 is 0. The molecule has 92 valence electrons. The van der Waals surface area contributed by atoms with Crippen molar-refractivity contribution in [2.75, 3.05) is 32.8 Å². The molecule has 4 nitrogen and oxygen atoms in total. The molecule has 2 N–H and O–H groups in total. The predicted molar refractivity (Wildman–Crippen MR) is 68.0 cm³/mol. The second kappa shape index (κ2) is 5.80. The lowest BCUT2D eigenvalue weighted by Gasteiger charge is -2.27. The SMILES string of the molecule is Cc1ccccc1C(=O)NCN1CCNCC1. The Morgan fingerprint density at radius 3 is 2.76 bits per heavy atom. The number of carbonyl (C=O) groups excluding carboxylic acids is 1. The van der Waals surface area contributed by atoms with Gasteiger partial charge in [-0.1, -0.05) is 18.2 Å². The molecule has 2 rings (SSSR count). The number of benzene rings is 1. The predicted octanol–water partition coefficient (Wildman–Crippen LogP) is 0.588. The van der Waals surface area contributed by atoms with Gasteiger partial charge in [-0.15, -0.1) is 0 Å². The van der Waals surface area contributed by atoms with Gasteiger partial charge in [0.05, 0.1) is 6.67 Å². The summed E-state index contributed by atoms with van der Waals surface area (Å²) in [6.07, 6.45) is 0. The molecule has 17 heavy (non-hydrogen) atoms. The lowest BCUT2D eigenvalue weighted by molar-refractivity contribution is 0.0916. The van der Waals surface area contributed by atoms with Crippen LogP contribution < -0.4 is 10.6 Å². The number of nitrogens with zero attached hydrogens (tertiary/aromatic N) is 1. The summed E-state index contributed by atoms with van der Waals surface area (Å²) in [5, 5.41) is 6.26. The van der Waals surface area contributed by atoms with E-state index in [-0.39, 0.29) is 5.91 Å². The third kappa shape index (κ3) is 3.28. The number of rotatable bonds is 3. The van der Waals surface area contributed by atoms with Crippen LogP contribution in [0.15, 0.2) is 24.3 Å². The molecule has 0 aromatic heterocycles. The number of amides is 1. The van der Waals surface area contributed by atoms with Crippen LogP contribution in [0.5, 0.6) is 0 Å². The van der Waals surface area contributed by atoms with Crippen LogP contribution in [-0.4, -0.2) is 43.7 Å². The molecule has 1 aliphatic rings. The Labute approximate surface area is 102 Å². The molecular weight excluding hydrogens is 214 g/mol. The summed E-state index contributed by atoms with van der Waals surface area (Å²) >= 11 is 0. The second-order valence-electron chi connectivity index (χ2n) is 4.35. The van der Waals surface area contributed by atoms with Gasteiger partial charge < -0.3 is 10.6 Å². The average molecular weight is 233 g/mol. The van der Waals surface area contributed by atoms with Crippen LogP contribution >= 0.6 is 0 Å². The van der Waals surface area contributed by atoms with Gasteiger partial charge >= 0.3 is 0 Å². The lowest BCUT2D eigenvalue weighted by Crippen LogP contribution is -2.48. The summed E-state index contributed by atoms with van der Waals surface area (Å²) in [7, 11) is 0. The Bertz CT molecular complexity index is 386. The number of nitrogens with one attached hydrogen (secondary N) is 2. The zero-order chi connectivity index (χ0) is 12.1.